The monoisotopic (exact) mass is 498 g/mol. The van der Waals surface area contributed by atoms with Crippen molar-refractivity contribution in [3.05, 3.63) is 59.2 Å². The van der Waals surface area contributed by atoms with Crippen LogP contribution in [0.15, 0.2) is 46.2 Å². The van der Waals surface area contributed by atoms with E-state index in [2.05, 4.69) is 37.2 Å². The molecule has 36 heavy (non-hydrogen) atoms. The number of fused-ring (bicyclic) bond motifs is 1. The molecule has 0 fully saturated rings. The summed E-state index contributed by atoms with van der Waals surface area (Å²) >= 11 is 0. The van der Waals surface area contributed by atoms with Gasteiger partial charge in [0.25, 0.3) is 0 Å². The van der Waals surface area contributed by atoms with Gasteiger partial charge in [-0.1, -0.05) is 6.08 Å². The van der Waals surface area contributed by atoms with Crippen molar-refractivity contribution in [1.29, 1.82) is 0 Å². The average Bonchev–Trinajstić information content (AvgIpc) is 3.45. The zero-order valence-corrected chi connectivity index (χ0v) is 21.2. The van der Waals surface area contributed by atoms with Crippen LogP contribution < -0.4 is 10.1 Å². The molecule has 11 heteroatoms. The molecular weight excluding hydrogens is 466 g/mol. The Hall–Kier alpha value is -3.99. The molecule has 1 aromatic carbocycles. The zero-order valence-electron chi connectivity index (χ0n) is 21.2. The smallest absolute Gasteiger partial charge is 0.181 e. The molecule has 0 aliphatic heterocycles. The highest BCUT2D eigenvalue weighted by Gasteiger charge is 2.16. The Morgan fingerprint density at radius 2 is 2.00 bits per heavy atom. The number of nitrogens with zero attached hydrogens (tertiary/aromatic N) is 5. The van der Waals surface area contributed by atoms with E-state index in [0.29, 0.717) is 29.7 Å². The van der Waals surface area contributed by atoms with Gasteiger partial charge in [0.15, 0.2) is 29.9 Å². The number of hydrogen-bond donors (Lipinski definition) is 3. The Morgan fingerprint density at radius 1 is 1.22 bits per heavy atom. The summed E-state index contributed by atoms with van der Waals surface area (Å²) in [6.45, 7) is 8.46. The van der Waals surface area contributed by atoms with E-state index >= 15 is 0 Å². The molecule has 0 amide bonds. The van der Waals surface area contributed by atoms with Crippen molar-refractivity contribution in [3.8, 4) is 5.75 Å². The summed E-state index contributed by atoms with van der Waals surface area (Å²) in [5, 5.41) is 10.3. The maximum Gasteiger partial charge on any atom is 0.181 e. The molecule has 192 valence electrons. The van der Waals surface area contributed by atoms with E-state index in [-0.39, 0.29) is 23.4 Å². The summed E-state index contributed by atoms with van der Waals surface area (Å²) in [7, 11) is 5.81. The topological polar surface area (TPSA) is 96.9 Å². The summed E-state index contributed by atoms with van der Waals surface area (Å²) < 4.78 is 34.8. The second kappa shape index (κ2) is 12.1. The Kier molecular flexibility index (Phi) is 8.96. The summed E-state index contributed by atoms with van der Waals surface area (Å²) in [4.78, 5) is 15.3. The van der Waals surface area contributed by atoms with Crippen LogP contribution in [0.1, 0.15) is 18.3 Å². The van der Waals surface area contributed by atoms with E-state index in [0.717, 1.165) is 18.3 Å². The molecule has 0 saturated heterocycles. The molecule has 0 unspecified atom stereocenters. The van der Waals surface area contributed by atoms with Crippen molar-refractivity contribution in [2.24, 2.45) is 9.98 Å². The van der Waals surface area contributed by atoms with Crippen molar-refractivity contribution >= 4 is 35.3 Å². The van der Waals surface area contributed by atoms with Crippen LogP contribution in [-0.2, 0) is 0 Å². The van der Waals surface area contributed by atoms with Gasteiger partial charge in [-0.25, -0.2) is 18.8 Å². The third kappa shape index (κ3) is 6.79. The molecule has 9 nitrogen and oxygen atoms in total. The molecule has 3 aromatic rings. The zero-order chi connectivity index (χ0) is 26.2. The number of anilines is 1. The van der Waals surface area contributed by atoms with E-state index in [1.807, 2.05) is 56.1 Å². The van der Waals surface area contributed by atoms with Crippen molar-refractivity contribution < 1.29 is 13.5 Å². The van der Waals surface area contributed by atoms with Crippen LogP contribution in [0.5, 0.6) is 5.75 Å². The lowest BCUT2D eigenvalue weighted by Crippen LogP contribution is -2.33. The van der Waals surface area contributed by atoms with Crippen LogP contribution >= 0.6 is 0 Å². The van der Waals surface area contributed by atoms with Crippen LogP contribution in [-0.4, -0.2) is 78.5 Å². The van der Waals surface area contributed by atoms with Gasteiger partial charge in [-0.2, -0.15) is 5.10 Å². The predicted molar refractivity (Wildman–Crippen MR) is 142 cm³/mol. The first-order chi connectivity index (χ1) is 17.2. The number of allylic oxidation sites excluding steroid dienone is 1. The van der Waals surface area contributed by atoms with E-state index in [1.54, 1.807) is 13.0 Å². The standard InChI is InChI=1S/C25H32F2N8O/c1-7-8-17-12-22(33-32-17)31-21(28-3)14-23(35(6)10-9-34(4)5)29-15-36-20-13-19(26)25-18(24(20)27)11-16(2)30-25/h7-8,11-14,30H,3,9-10,15H2,1-2,4-6H3,(H2,31,32,33)/b8-7+,21-14+,29-23+. The van der Waals surface area contributed by atoms with Crippen molar-refractivity contribution in [3.63, 3.8) is 0 Å². The molecular formula is C25H32F2N8O. The number of H-pyrrole nitrogens is 2. The fourth-order valence-electron chi connectivity index (χ4n) is 3.39. The first-order valence-electron chi connectivity index (χ1n) is 11.4. The first-order valence-corrected chi connectivity index (χ1v) is 11.4. The number of hydrogen-bond acceptors (Lipinski definition) is 6. The van der Waals surface area contributed by atoms with Crippen molar-refractivity contribution in [1.82, 2.24) is 25.0 Å². The SMILES string of the molecule is C=N/C(=C\C(=N/COc1cc(F)c2[nH]c(C)cc2c1F)N(C)CCN(C)C)Nc1cc(/C=C/C)[nH]n1. The number of aryl methyl sites for hydroxylation is 1. The van der Waals surface area contributed by atoms with Gasteiger partial charge in [-0.15, -0.1) is 0 Å². The average molecular weight is 499 g/mol. The highest BCUT2D eigenvalue weighted by Crippen LogP contribution is 2.29. The number of benzene rings is 1. The highest BCUT2D eigenvalue weighted by atomic mass is 19.1. The normalized spacial score (nSPS) is 12.7. The van der Waals surface area contributed by atoms with Crippen LogP contribution in [0, 0.1) is 18.6 Å². The lowest BCUT2D eigenvalue weighted by molar-refractivity contribution is 0.309. The molecule has 0 atom stereocenters. The number of amidine groups is 1. The second-order valence-electron chi connectivity index (χ2n) is 8.45. The molecule has 0 spiro atoms. The highest BCUT2D eigenvalue weighted by molar-refractivity contribution is 5.94. The Morgan fingerprint density at radius 3 is 2.69 bits per heavy atom. The Labute approximate surface area is 209 Å². The molecule has 0 radical (unpaired) electrons. The summed E-state index contributed by atoms with van der Waals surface area (Å²) in [5.41, 5.74) is 1.59. The fourth-order valence-corrected chi connectivity index (χ4v) is 3.39. The van der Waals surface area contributed by atoms with Gasteiger partial charge < -0.3 is 24.8 Å². The van der Waals surface area contributed by atoms with Crippen molar-refractivity contribution in [2.45, 2.75) is 13.8 Å². The minimum Gasteiger partial charge on any atom is -0.468 e. The molecule has 0 aliphatic carbocycles. The number of ether oxygens (including phenoxy) is 1. The largest absolute Gasteiger partial charge is 0.468 e. The maximum absolute atomic E-state index is 14.9. The number of halogens is 2. The maximum atomic E-state index is 14.9. The van der Waals surface area contributed by atoms with Crippen LogP contribution in [0.3, 0.4) is 0 Å². The Balaban J connectivity index is 1.83. The number of aromatic amines is 2. The molecule has 2 aromatic heterocycles. The Bertz CT molecular complexity index is 1290. The fraction of sp³-hybridized carbons (Fsp3) is 0.320. The predicted octanol–water partition coefficient (Wildman–Crippen LogP) is 4.39. The van der Waals surface area contributed by atoms with Crippen LogP contribution in [0.2, 0.25) is 0 Å². The lowest BCUT2D eigenvalue weighted by atomic mass is 10.2. The minimum absolute atomic E-state index is 0.108. The van der Waals surface area contributed by atoms with Gasteiger partial charge in [-0.3, -0.25) is 5.10 Å². The number of rotatable bonds is 11. The molecule has 3 rings (SSSR count). The summed E-state index contributed by atoms with van der Waals surface area (Å²) in [5.74, 6) is 0.0203. The molecule has 2 heterocycles. The van der Waals surface area contributed by atoms with Gasteiger partial charge in [0.1, 0.15) is 11.7 Å². The summed E-state index contributed by atoms with van der Waals surface area (Å²) in [6, 6.07) is 4.38. The number of aliphatic imine (C=N–C) groups is 2. The van der Waals surface area contributed by atoms with Crippen LogP contribution in [0.4, 0.5) is 14.6 Å². The van der Waals surface area contributed by atoms with E-state index in [9.17, 15) is 8.78 Å². The van der Waals surface area contributed by atoms with E-state index < -0.39 is 11.6 Å². The lowest BCUT2D eigenvalue weighted by Gasteiger charge is -2.22. The number of aromatic nitrogens is 3. The molecule has 0 aliphatic rings. The third-order valence-corrected chi connectivity index (χ3v) is 5.26. The number of likely N-dealkylation sites (N-methyl/N-ethyl adjacent to an activating group) is 2. The minimum atomic E-state index is -0.644. The van der Waals surface area contributed by atoms with E-state index in [4.69, 9.17) is 4.74 Å². The molecule has 0 saturated carbocycles. The van der Waals surface area contributed by atoms with E-state index in [1.165, 1.54) is 6.07 Å². The summed E-state index contributed by atoms with van der Waals surface area (Å²) in [6.07, 6.45) is 5.47. The van der Waals surface area contributed by atoms with Gasteiger partial charge in [0.2, 0.25) is 0 Å². The van der Waals surface area contributed by atoms with Gasteiger partial charge in [-0.05, 0) is 46.8 Å². The van der Waals surface area contributed by atoms with Gasteiger partial charge >= 0.3 is 0 Å². The van der Waals surface area contributed by atoms with Crippen molar-refractivity contribution in [2.75, 3.05) is 46.3 Å². The van der Waals surface area contributed by atoms with Crippen LogP contribution in [0.25, 0.3) is 17.0 Å². The second-order valence-corrected chi connectivity index (χ2v) is 8.45. The quantitative estimate of drug-likeness (QED) is 0.269. The van der Waals surface area contributed by atoms with Gasteiger partial charge in [0, 0.05) is 49.4 Å². The number of nitrogens with one attached hydrogen (secondary N) is 3. The molecule has 3 N–H and O–H groups in total. The third-order valence-electron chi connectivity index (χ3n) is 5.26. The van der Waals surface area contributed by atoms with Gasteiger partial charge in [0.05, 0.1) is 11.2 Å². The molecule has 0 bridgehead atoms. The first kappa shape index (κ1) is 26.6.